The molecule has 0 aliphatic heterocycles. The number of aromatic nitrogens is 1. The SMILES string of the molecule is CC(C)CC(N)c1nc(C(=O)NCc2ccc(Br)cc2)co1. The predicted molar refractivity (Wildman–Crippen MR) is 88.2 cm³/mol. The summed E-state index contributed by atoms with van der Waals surface area (Å²) in [6.45, 7) is 4.59. The number of nitrogens with zero attached hydrogens (tertiary/aromatic N) is 1. The molecule has 0 aliphatic carbocycles. The molecule has 0 saturated heterocycles. The van der Waals surface area contributed by atoms with E-state index in [1.165, 1.54) is 6.26 Å². The van der Waals surface area contributed by atoms with E-state index in [2.05, 4.69) is 40.1 Å². The van der Waals surface area contributed by atoms with Crippen LogP contribution in [0.2, 0.25) is 0 Å². The van der Waals surface area contributed by atoms with Gasteiger partial charge in [-0.15, -0.1) is 0 Å². The zero-order valence-corrected chi connectivity index (χ0v) is 14.3. The molecule has 0 bridgehead atoms. The summed E-state index contributed by atoms with van der Waals surface area (Å²) in [6.07, 6.45) is 2.12. The Kier molecular flexibility index (Phi) is 5.74. The normalized spacial score (nSPS) is 12.4. The molecule has 1 unspecified atom stereocenters. The van der Waals surface area contributed by atoms with Crippen molar-refractivity contribution in [2.24, 2.45) is 11.7 Å². The maximum Gasteiger partial charge on any atom is 0.273 e. The van der Waals surface area contributed by atoms with Gasteiger partial charge in [-0.3, -0.25) is 4.79 Å². The highest BCUT2D eigenvalue weighted by molar-refractivity contribution is 9.10. The highest BCUT2D eigenvalue weighted by Crippen LogP contribution is 2.18. The standard InChI is InChI=1S/C16H20BrN3O2/c1-10(2)7-13(18)16-20-14(9-22-16)15(21)19-8-11-3-5-12(17)6-4-11/h3-6,9-10,13H,7-8,18H2,1-2H3,(H,19,21). The van der Waals surface area contributed by atoms with Crippen LogP contribution in [0.15, 0.2) is 39.4 Å². The van der Waals surface area contributed by atoms with Gasteiger partial charge >= 0.3 is 0 Å². The Morgan fingerprint density at radius 3 is 2.68 bits per heavy atom. The molecule has 0 aliphatic rings. The van der Waals surface area contributed by atoms with Gasteiger partial charge in [0.25, 0.3) is 5.91 Å². The molecule has 0 spiro atoms. The number of benzene rings is 1. The monoisotopic (exact) mass is 365 g/mol. The third kappa shape index (κ3) is 4.68. The molecule has 1 amide bonds. The van der Waals surface area contributed by atoms with Gasteiger partial charge in [-0.05, 0) is 30.0 Å². The van der Waals surface area contributed by atoms with Crippen LogP contribution in [0.5, 0.6) is 0 Å². The van der Waals surface area contributed by atoms with Crippen molar-refractivity contribution < 1.29 is 9.21 Å². The summed E-state index contributed by atoms with van der Waals surface area (Å²) in [5.41, 5.74) is 7.26. The van der Waals surface area contributed by atoms with Gasteiger partial charge in [0.1, 0.15) is 6.26 Å². The summed E-state index contributed by atoms with van der Waals surface area (Å²) in [5.74, 6) is 0.578. The molecular weight excluding hydrogens is 346 g/mol. The van der Waals surface area contributed by atoms with Crippen LogP contribution in [0.3, 0.4) is 0 Å². The first kappa shape index (κ1) is 16.7. The van der Waals surface area contributed by atoms with Crippen molar-refractivity contribution in [2.75, 3.05) is 0 Å². The summed E-state index contributed by atoms with van der Waals surface area (Å²) < 4.78 is 6.32. The number of amides is 1. The molecular formula is C16H20BrN3O2. The number of nitrogens with one attached hydrogen (secondary N) is 1. The third-order valence-electron chi connectivity index (χ3n) is 3.16. The minimum Gasteiger partial charge on any atom is -0.446 e. The lowest BCUT2D eigenvalue weighted by atomic mass is 10.0. The molecule has 0 radical (unpaired) electrons. The molecule has 5 nitrogen and oxygen atoms in total. The number of hydrogen-bond donors (Lipinski definition) is 2. The smallest absolute Gasteiger partial charge is 0.273 e. The Morgan fingerprint density at radius 2 is 2.05 bits per heavy atom. The molecule has 0 fully saturated rings. The summed E-state index contributed by atoms with van der Waals surface area (Å²) in [4.78, 5) is 16.2. The fraction of sp³-hybridized carbons (Fsp3) is 0.375. The van der Waals surface area contributed by atoms with Crippen LogP contribution in [-0.4, -0.2) is 10.9 Å². The van der Waals surface area contributed by atoms with E-state index < -0.39 is 0 Å². The van der Waals surface area contributed by atoms with E-state index in [4.69, 9.17) is 10.2 Å². The third-order valence-corrected chi connectivity index (χ3v) is 3.69. The van der Waals surface area contributed by atoms with Gasteiger partial charge in [-0.1, -0.05) is 41.9 Å². The average Bonchev–Trinajstić information content (AvgIpc) is 2.95. The van der Waals surface area contributed by atoms with Gasteiger partial charge < -0.3 is 15.5 Å². The first-order valence-electron chi connectivity index (χ1n) is 7.19. The van der Waals surface area contributed by atoms with E-state index in [9.17, 15) is 4.79 Å². The van der Waals surface area contributed by atoms with Crippen molar-refractivity contribution in [1.29, 1.82) is 0 Å². The lowest BCUT2D eigenvalue weighted by Gasteiger charge is -2.09. The number of carbonyl (C=O) groups excluding carboxylic acids is 1. The molecule has 1 aromatic carbocycles. The fourth-order valence-electron chi connectivity index (χ4n) is 2.05. The summed E-state index contributed by atoms with van der Waals surface area (Å²) >= 11 is 3.37. The minimum atomic E-state index is -0.284. The van der Waals surface area contributed by atoms with E-state index in [0.717, 1.165) is 16.5 Å². The molecule has 0 saturated carbocycles. The number of carbonyl (C=O) groups is 1. The highest BCUT2D eigenvalue weighted by atomic mass is 79.9. The molecule has 2 aromatic rings. The van der Waals surface area contributed by atoms with Crippen molar-refractivity contribution >= 4 is 21.8 Å². The molecule has 1 atom stereocenters. The number of hydrogen-bond acceptors (Lipinski definition) is 4. The first-order valence-corrected chi connectivity index (χ1v) is 7.98. The summed E-state index contributed by atoms with van der Waals surface area (Å²) in [6, 6.07) is 7.46. The van der Waals surface area contributed by atoms with E-state index in [1.54, 1.807) is 0 Å². The Labute approximate surface area is 138 Å². The van der Waals surface area contributed by atoms with Crippen LogP contribution in [0.1, 0.15) is 48.3 Å². The lowest BCUT2D eigenvalue weighted by molar-refractivity contribution is 0.0946. The molecule has 22 heavy (non-hydrogen) atoms. The summed E-state index contributed by atoms with van der Waals surface area (Å²) in [7, 11) is 0. The van der Waals surface area contributed by atoms with Crippen molar-refractivity contribution in [3.63, 3.8) is 0 Å². The zero-order valence-electron chi connectivity index (χ0n) is 12.7. The van der Waals surface area contributed by atoms with Crippen LogP contribution in [-0.2, 0) is 6.54 Å². The van der Waals surface area contributed by atoms with Gasteiger partial charge in [-0.25, -0.2) is 4.98 Å². The van der Waals surface area contributed by atoms with Gasteiger partial charge in [0, 0.05) is 11.0 Å². The Morgan fingerprint density at radius 1 is 1.36 bits per heavy atom. The topological polar surface area (TPSA) is 81.1 Å². The minimum absolute atomic E-state index is 0.256. The van der Waals surface area contributed by atoms with Crippen molar-refractivity contribution in [1.82, 2.24) is 10.3 Å². The number of halogens is 1. The second-order valence-electron chi connectivity index (χ2n) is 5.62. The van der Waals surface area contributed by atoms with Crippen LogP contribution >= 0.6 is 15.9 Å². The molecule has 1 aromatic heterocycles. The molecule has 6 heteroatoms. The van der Waals surface area contributed by atoms with Crippen LogP contribution in [0.25, 0.3) is 0 Å². The van der Waals surface area contributed by atoms with Crippen LogP contribution in [0, 0.1) is 5.92 Å². The lowest BCUT2D eigenvalue weighted by Crippen LogP contribution is -2.23. The maximum atomic E-state index is 12.1. The van der Waals surface area contributed by atoms with Gasteiger partial charge in [0.05, 0.1) is 6.04 Å². The number of rotatable bonds is 6. The zero-order chi connectivity index (χ0) is 16.1. The number of oxazole rings is 1. The van der Waals surface area contributed by atoms with Crippen molar-refractivity contribution in [3.8, 4) is 0 Å². The quantitative estimate of drug-likeness (QED) is 0.821. The molecule has 2 rings (SSSR count). The van der Waals surface area contributed by atoms with Gasteiger partial charge in [-0.2, -0.15) is 0 Å². The van der Waals surface area contributed by atoms with Crippen LogP contribution < -0.4 is 11.1 Å². The Hall–Kier alpha value is -1.66. The first-order chi connectivity index (χ1) is 10.5. The molecule has 3 N–H and O–H groups in total. The summed E-state index contributed by atoms with van der Waals surface area (Å²) in [5, 5.41) is 2.81. The van der Waals surface area contributed by atoms with Crippen LogP contribution in [0.4, 0.5) is 0 Å². The average molecular weight is 366 g/mol. The van der Waals surface area contributed by atoms with Crippen molar-refractivity contribution in [3.05, 3.63) is 52.1 Å². The maximum absolute atomic E-state index is 12.1. The van der Waals surface area contributed by atoms with E-state index in [0.29, 0.717) is 18.4 Å². The predicted octanol–water partition coefficient (Wildman–Crippen LogP) is 3.41. The van der Waals surface area contributed by atoms with Crippen molar-refractivity contribution in [2.45, 2.75) is 32.9 Å². The van der Waals surface area contributed by atoms with E-state index >= 15 is 0 Å². The van der Waals surface area contributed by atoms with E-state index in [-0.39, 0.29) is 17.6 Å². The Balaban J connectivity index is 1.92. The Bertz CT molecular complexity index is 623. The van der Waals surface area contributed by atoms with Gasteiger partial charge in [0.15, 0.2) is 5.69 Å². The fourth-order valence-corrected chi connectivity index (χ4v) is 2.31. The van der Waals surface area contributed by atoms with Gasteiger partial charge in [0.2, 0.25) is 5.89 Å². The molecule has 118 valence electrons. The second kappa shape index (κ2) is 7.56. The number of nitrogens with two attached hydrogens (primary N) is 1. The molecule has 1 heterocycles. The largest absolute Gasteiger partial charge is 0.446 e. The highest BCUT2D eigenvalue weighted by Gasteiger charge is 2.17. The van der Waals surface area contributed by atoms with E-state index in [1.807, 2.05) is 24.3 Å². The second-order valence-corrected chi connectivity index (χ2v) is 6.53.